The van der Waals surface area contributed by atoms with Gasteiger partial charge in [0.2, 0.25) is 5.76 Å². The molecule has 88 valence electrons. The molecule has 0 saturated carbocycles. The summed E-state index contributed by atoms with van der Waals surface area (Å²) < 4.78 is 4.92. The molecule has 0 spiro atoms. The van der Waals surface area contributed by atoms with Gasteiger partial charge in [-0.2, -0.15) is 0 Å². The van der Waals surface area contributed by atoms with E-state index in [0.717, 1.165) is 5.69 Å². The van der Waals surface area contributed by atoms with Crippen molar-refractivity contribution in [3.8, 4) is 0 Å². The number of carboxylic acid groups (broad SMARTS) is 1. The summed E-state index contributed by atoms with van der Waals surface area (Å²) in [6.07, 6.45) is 4.78. The third-order valence-electron chi connectivity index (χ3n) is 2.45. The van der Waals surface area contributed by atoms with Crippen LogP contribution in [0.2, 0.25) is 0 Å². The van der Waals surface area contributed by atoms with Crippen LogP contribution in [-0.4, -0.2) is 23.1 Å². The van der Waals surface area contributed by atoms with E-state index < -0.39 is 5.97 Å². The highest BCUT2D eigenvalue weighted by Gasteiger charge is 2.15. The number of carboxylic acids is 1. The lowest BCUT2D eigenvalue weighted by atomic mass is 10.2. The van der Waals surface area contributed by atoms with Crippen LogP contribution in [0.25, 0.3) is 0 Å². The second-order valence-electron chi connectivity index (χ2n) is 3.64. The third kappa shape index (κ3) is 2.44. The van der Waals surface area contributed by atoms with Crippen LogP contribution in [0.3, 0.4) is 0 Å². The fraction of sp³-hybridized carbons (Fsp3) is 0.167. The van der Waals surface area contributed by atoms with Crippen LogP contribution >= 0.6 is 0 Å². The molecule has 0 bridgehead atoms. The van der Waals surface area contributed by atoms with Gasteiger partial charge in [0.25, 0.3) is 0 Å². The SMILES string of the molecule is CN(Cc1ccoc1C(=O)O)c1ccncc1. The molecule has 2 aromatic heterocycles. The molecule has 2 heterocycles. The summed E-state index contributed by atoms with van der Waals surface area (Å²) in [7, 11) is 1.88. The predicted molar refractivity (Wildman–Crippen MR) is 62.0 cm³/mol. The number of rotatable bonds is 4. The summed E-state index contributed by atoms with van der Waals surface area (Å²) >= 11 is 0. The van der Waals surface area contributed by atoms with E-state index in [1.165, 1.54) is 6.26 Å². The number of hydrogen-bond acceptors (Lipinski definition) is 4. The zero-order valence-electron chi connectivity index (χ0n) is 9.33. The van der Waals surface area contributed by atoms with Crippen LogP contribution in [-0.2, 0) is 6.54 Å². The maximum absolute atomic E-state index is 10.9. The van der Waals surface area contributed by atoms with Crippen LogP contribution < -0.4 is 4.90 Å². The number of nitrogens with zero attached hydrogens (tertiary/aromatic N) is 2. The highest BCUT2D eigenvalue weighted by molar-refractivity contribution is 5.86. The van der Waals surface area contributed by atoms with E-state index in [-0.39, 0.29) is 5.76 Å². The van der Waals surface area contributed by atoms with Gasteiger partial charge in [-0.1, -0.05) is 0 Å². The minimum absolute atomic E-state index is 0.00842. The molecule has 0 amide bonds. The molecule has 0 atom stereocenters. The van der Waals surface area contributed by atoms with Gasteiger partial charge in [-0.3, -0.25) is 4.98 Å². The zero-order chi connectivity index (χ0) is 12.3. The van der Waals surface area contributed by atoms with E-state index in [1.54, 1.807) is 18.5 Å². The van der Waals surface area contributed by atoms with E-state index >= 15 is 0 Å². The monoisotopic (exact) mass is 232 g/mol. The molecule has 17 heavy (non-hydrogen) atoms. The number of hydrogen-bond donors (Lipinski definition) is 1. The highest BCUT2D eigenvalue weighted by atomic mass is 16.4. The molecule has 2 aromatic rings. The van der Waals surface area contributed by atoms with E-state index in [4.69, 9.17) is 9.52 Å². The fourth-order valence-electron chi connectivity index (χ4n) is 1.59. The van der Waals surface area contributed by atoms with Crippen molar-refractivity contribution in [1.29, 1.82) is 0 Å². The van der Waals surface area contributed by atoms with Crippen molar-refractivity contribution < 1.29 is 14.3 Å². The van der Waals surface area contributed by atoms with Crippen molar-refractivity contribution in [2.45, 2.75) is 6.54 Å². The Morgan fingerprint density at radius 2 is 2.12 bits per heavy atom. The van der Waals surface area contributed by atoms with Gasteiger partial charge < -0.3 is 14.4 Å². The number of aromatic nitrogens is 1. The second-order valence-corrected chi connectivity index (χ2v) is 3.64. The van der Waals surface area contributed by atoms with Crippen molar-refractivity contribution in [3.05, 3.63) is 48.2 Å². The number of carbonyl (C=O) groups is 1. The summed E-state index contributed by atoms with van der Waals surface area (Å²) in [5.41, 5.74) is 1.62. The molecule has 0 aliphatic heterocycles. The van der Waals surface area contributed by atoms with Crippen molar-refractivity contribution in [1.82, 2.24) is 4.98 Å². The van der Waals surface area contributed by atoms with Crippen molar-refractivity contribution in [2.75, 3.05) is 11.9 Å². The first-order valence-electron chi connectivity index (χ1n) is 5.09. The van der Waals surface area contributed by atoms with Gasteiger partial charge >= 0.3 is 5.97 Å². The first-order chi connectivity index (χ1) is 8.18. The lowest BCUT2D eigenvalue weighted by molar-refractivity contribution is 0.0661. The molecule has 0 aliphatic rings. The number of furan rings is 1. The van der Waals surface area contributed by atoms with Gasteiger partial charge in [0, 0.05) is 37.2 Å². The normalized spacial score (nSPS) is 10.2. The molecule has 1 N–H and O–H groups in total. The fourth-order valence-corrected chi connectivity index (χ4v) is 1.59. The van der Waals surface area contributed by atoms with Crippen LogP contribution in [0.5, 0.6) is 0 Å². The van der Waals surface area contributed by atoms with Crippen LogP contribution in [0.4, 0.5) is 5.69 Å². The summed E-state index contributed by atoms with van der Waals surface area (Å²) in [5, 5.41) is 8.92. The number of pyridine rings is 1. The molecule has 0 saturated heterocycles. The summed E-state index contributed by atoms with van der Waals surface area (Å²) in [4.78, 5) is 16.7. The molecule has 2 rings (SSSR count). The molecule has 0 aliphatic carbocycles. The lowest BCUT2D eigenvalue weighted by Crippen LogP contribution is -2.17. The minimum atomic E-state index is -1.05. The van der Waals surface area contributed by atoms with Gasteiger partial charge in [-0.25, -0.2) is 4.79 Å². The van der Waals surface area contributed by atoms with Gasteiger partial charge in [-0.15, -0.1) is 0 Å². The van der Waals surface area contributed by atoms with Crippen LogP contribution in [0.1, 0.15) is 16.1 Å². The first-order valence-corrected chi connectivity index (χ1v) is 5.09. The van der Waals surface area contributed by atoms with Gasteiger partial charge in [-0.05, 0) is 18.2 Å². The number of anilines is 1. The Bertz CT molecular complexity index is 507. The molecule has 5 nitrogen and oxygen atoms in total. The van der Waals surface area contributed by atoms with E-state index in [9.17, 15) is 4.79 Å². The topological polar surface area (TPSA) is 66.6 Å². The second kappa shape index (κ2) is 4.69. The minimum Gasteiger partial charge on any atom is -0.475 e. The largest absolute Gasteiger partial charge is 0.475 e. The lowest BCUT2D eigenvalue weighted by Gasteiger charge is -2.18. The average Bonchev–Trinajstić information content (AvgIpc) is 2.78. The smallest absolute Gasteiger partial charge is 0.372 e. The molecule has 5 heteroatoms. The quantitative estimate of drug-likeness (QED) is 0.873. The summed E-state index contributed by atoms with van der Waals surface area (Å²) in [6.45, 7) is 0.474. The molecular formula is C12H12N2O3. The van der Waals surface area contributed by atoms with Crippen molar-refractivity contribution in [3.63, 3.8) is 0 Å². The molecule has 0 radical (unpaired) electrons. The van der Waals surface area contributed by atoms with E-state index in [1.807, 2.05) is 24.1 Å². The number of aromatic carboxylic acids is 1. The Morgan fingerprint density at radius 1 is 1.41 bits per heavy atom. The maximum Gasteiger partial charge on any atom is 0.372 e. The Morgan fingerprint density at radius 3 is 2.76 bits per heavy atom. The van der Waals surface area contributed by atoms with Crippen molar-refractivity contribution >= 4 is 11.7 Å². The van der Waals surface area contributed by atoms with E-state index in [2.05, 4.69) is 4.98 Å². The predicted octanol–water partition coefficient (Wildman–Crippen LogP) is 2.01. The third-order valence-corrected chi connectivity index (χ3v) is 2.45. The average molecular weight is 232 g/mol. The maximum atomic E-state index is 10.9. The summed E-state index contributed by atoms with van der Waals surface area (Å²) in [6, 6.07) is 5.39. The Labute approximate surface area is 98.3 Å². The Hall–Kier alpha value is -2.30. The van der Waals surface area contributed by atoms with Crippen LogP contribution in [0, 0.1) is 0 Å². The van der Waals surface area contributed by atoms with Gasteiger partial charge in [0.15, 0.2) is 0 Å². The first kappa shape index (κ1) is 11.2. The molecule has 0 fully saturated rings. The molecule has 0 unspecified atom stereocenters. The zero-order valence-corrected chi connectivity index (χ0v) is 9.33. The summed E-state index contributed by atoms with van der Waals surface area (Å²) in [5.74, 6) is -1.06. The molecular weight excluding hydrogens is 220 g/mol. The van der Waals surface area contributed by atoms with Gasteiger partial charge in [0.05, 0.1) is 6.26 Å². The molecule has 0 aromatic carbocycles. The Balaban J connectivity index is 2.16. The van der Waals surface area contributed by atoms with Crippen molar-refractivity contribution in [2.24, 2.45) is 0 Å². The van der Waals surface area contributed by atoms with E-state index in [0.29, 0.717) is 12.1 Å². The van der Waals surface area contributed by atoms with Gasteiger partial charge in [0.1, 0.15) is 0 Å². The van der Waals surface area contributed by atoms with Crippen LogP contribution in [0.15, 0.2) is 41.3 Å². The standard InChI is InChI=1S/C12H12N2O3/c1-14(10-2-5-13-6-3-10)8-9-4-7-17-11(9)12(15)16/h2-7H,8H2,1H3,(H,15,16). The highest BCUT2D eigenvalue weighted by Crippen LogP contribution is 2.17. The Kier molecular flexibility index (Phi) is 3.09.